The summed E-state index contributed by atoms with van der Waals surface area (Å²) in [6.07, 6.45) is 1.46. The fourth-order valence-electron chi connectivity index (χ4n) is 0.794. The van der Waals surface area contributed by atoms with Crippen LogP contribution >= 0.6 is 0 Å². The minimum atomic E-state index is -0.0384. The van der Waals surface area contributed by atoms with E-state index < -0.39 is 0 Å². The Kier molecular flexibility index (Phi) is 2.79. The van der Waals surface area contributed by atoms with Crippen LogP contribution in [0.5, 0.6) is 5.88 Å². The normalized spacial score (nSPS) is 10.1. The molecule has 0 spiro atoms. The molecule has 0 saturated carbocycles. The number of nitrogen functional groups attached to an aromatic ring is 1. The van der Waals surface area contributed by atoms with Crippen LogP contribution in [0.3, 0.4) is 0 Å². The average Bonchev–Trinajstić information content (AvgIpc) is 2.03. The summed E-state index contributed by atoms with van der Waals surface area (Å²) < 4.78 is 5.28. The summed E-state index contributed by atoms with van der Waals surface area (Å²) in [6, 6.07) is 1.59. The van der Waals surface area contributed by atoms with E-state index in [9.17, 15) is 0 Å². The molecular formula is C8H12N4O. The van der Waals surface area contributed by atoms with Gasteiger partial charge in [0.25, 0.3) is 0 Å². The zero-order valence-electron chi connectivity index (χ0n) is 7.61. The first-order valence-electron chi connectivity index (χ1n) is 3.93. The zero-order valence-corrected chi connectivity index (χ0v) is 7.61. The molecule has 1 aromatic rings. The van der Waals surface area contributed by atoms with Gasteiger partial charge in [-0.2, -0.15) is 5.10 Å². The number of nitrogens with one attached hydrogen (secondary N) is 1. The quantitative estimate of drug-likeness (QED) is 0.525. The highest BCUT2D eigenvalue weighted by atomic mass is 16.5. The van der Waals surface area contributed by atoms with E-state index in [-0.39, 0.29) is 11.9 Å². The zero-order chi connectivity index (χ0) is 9.84. The predicted molar refractivity (Wildman–Crippen MR) is 48.8 cm³/mol. The number of amidine groups is 1. The Morgan fingerprint density at radius 3 is 2.85 bits per heavy atom. The highest BCUT2D eigenvalue weighted by molar-refractivity contribution is 5.94. The molecule has 0 aromatic carbocycles. The molecular weight excluding hydrogens is 168 g/mol. The largest absolute Gasteiger partial charge is 0.474 e. The van der Waals surface area contributed by atoms with Crippen LogP contribution in [0.1, 0.15) is 19.4 Å². The smallest absolute Gasteiger partial charge is 0.234 e. The van der Waals surface area contributed by atoms with Crippen LogP contribution in [0.15, 0.2) is 12.3 Å². The van der Waals surface area contributed by atoms with E-state index in [1.165, 1.54) is 6.20 Å². The molecule has 0 bridgehead atoms. The summed E-state index contributed by atoms with van der Waals surface area (Å²) in [5, 5.41) is 14.6. The van der Waals surface area contributed by atoms with Crippen LogP contribution in [0, 0.1) is 5.41 Å². The Morgan fingerprint density at radius 2 is 2.31 bits per heavy atom. The van der Waals surface area contributed by atoms with Crippen molar-refractivity contribution < 1.29 is 4.74 Å². The van der Waals surface area contributed by atoms with Crippen molar-refractivity contribution in [1.29, 1.82) is 5.41 Å². The number of ether oxygens (including phenoxy) is 1. The molecule has 0 radical (unpaired) electrons. The van der Waals surface area contributed by atoms with Gasteiger partial charge in [-0.15, -0.1) is 5.10 Å². The molecule has 1 rings (SSSR count). The molecule has 0 aliphatic carbocycles. The lowest BCUT2D eigenvalue weighted by Gasteiger charge is -2.07. The fraction of sp³-hybridized carbons (Fsp3) is 0.375. The Morgan fingerprint density at radius 1 is 1.62 bits per heavy atom. The van der Waals surface area contributed by atoms with Gasteiger partial charge in [0.05, 0.1) is 12.3 Å². The van der Waals surface area contributed by atoms with Crippen molar-refractivity contribution >= 4 is 5.84 Å². The molecule has 0 fully saturated rings. The van der Waals surface area contributed by atoms with Crippen molar-refractivity contribution in [2.75, 3.05) is 0 Å². The van der Waals surface area contributed by atoms with Crippen LogP contribution in [0.4, 0.5) is 0 Å². The minimum absolute atomic E-state index is 0.0384. The van der Waals surface area contributed by atoms with Gasteiger partial charge in [-0.1, -0.05) is 0 Å². The first kappa shape index (κ1) is 9.44. The highest BCUT2D eigenvalue weighted by Gasteiger charge is 2.03. The Hall–Kier alpha value is -1.65. The summed E-state index contributed by atoms with van der Waals surface area (Å²) in [7, 11) is 0. The lowest BCUT2D eigenvalue weighted by molar-refractivity contribution is 0.230. The van der Waals surface area contributed by atoms with E-state index >= 15 is 0 Å². The first-order valence-corrected chi connectivity index (χ1v) is 3.93. The molecule has 0 amide bonds. The number of nitrogens with zero attached hydrogens (tertiary/aromatic N) is 2. The van der Waals surface area contributed by atoms with E-state index in [1.807, 2.05) is 13.8 Å². The van der Waals surface area contributed by atoms with Crippen molar-refractivity contribution in [2.45, 2.75) is 20.0 Å². The van der Waals surface area contributed by atoms with Gasteiger partial charge >= 0.3 is 0 Å². The number of hydrogen-bond donors (Lipinski definition) is 2. The monoisotopic (exact) mass is 180 g/mol. The topological polar surface area (TPSA) is 84.9 Å². The fourth-order valence-corrected chi connectivity index (χ4v) is 0.794. The number of nitrogens with two attached hydrogens (primary N) is 1. The van der Waals surface area contributed by atoms with E-state index in [1.54, 1.807) is 6.07 Å². The van der Waals surface area contributed by atoms with E-state index in [4.69, 9.17) is 15.9 Å². The Labute approximate surface area is 76.4 Å². The first-order chi connectivity index (χ1) is 6.09. The van der Waals surface area contributed by atoms with Crippen molar-refractivity contribution in [2.24, 2.45) is 5.73 Å². The molecule has 0 aliphatic rings. The summed E-state index contributed by atoms with van der Waals surface area (Å²) >= 11 is 0. The van der Waals surface area contributed by atoms with Gasteiger partial charge in [0.1, 0.15) is 5.84 Å². The van der Waals surface area contributed by atoms with Crippen LogP contribution < -0.4 is 10.5 Å². The molecule has 0 atom stereocenters. The lowest BCUT2D eigenvalue weighted by atomic mass is 10.3. The van der Waals surface area contributed by atoms with Crippen LogP contribution in [0.2, 0.25) is 0 Å². The maximum atomic E-state index is 7.17. The summed E-state index contributed by atoms with van der Waals surface area (Å²) in [5.41, 5.74) is 5.79. The molecule has 5 nitrogen and oxygen atoms in total. The van der Waals surface area contributed by atoms with Crippen LogP contribution in [-0.4, -0.2) is 22.1 Å². The molecule has 3 N–H and O–H groups in total. The second-order valence-electron chi connectivity index (χ2n) is 2.86. The van der Waals surface area contributed by atoms with Crippen LogP contribution in [0.25, 0.3) is 0 Å². The van der Waals surface area contributed by atoms with Crippen molar-refractivity contribution in [1.82, 2.24) is 10.2 Å². The third kappa shape index (κ3) is 2.70. The second-order valence-corrected chi connectivity index (χ2v) is 2.86. The van der Waals surface area contributed by atoms with Gasteiger partial charge in [-0.3, -0.25) is 5.41 Å². The van der Waals surface area contributed by atoms with Gasteiger partial charge in [-0.05, 0) is 13.8 Å². The molecule has 1 heterocycles. The van der Waals surface area contributed by atoms with Gasteiger partial charge in [0, 0.05) is 11.6 Å². The standard InChI is InChI=1S/C8H12N4O/c1-5(2)13-7-3-6(8(9)10)4-11-12-7/h3-5H,1-2H3,(H3,9,10). The number of hydrogen-bond acceptors (Lipinski definition) is 4. The predicted octanol–water partition coefficient (Wildman–Crippen LogP) is 0.548. The third-order valence-corrected chi connectivity index (χ3v) is 1.30. The third-order valence-electron chi connectivity index (χ3n) is 1.30. The SMILES string of the molecule is CC(C)Oc1cc(C(=N)N)cnn1. The van der Waals surface area contributed by atoms with Crippen LogP contribution in [-0.2, 0) is 0 Å². The molecule has 70 valence electrons. The van der Waals surface area contributed by atoms with Crippen molar-refractivity contribution in [3.8, 4) is 5.88 Å². The van der Waals surface area contributed by atoms with E-state index in [0.717, 1.165) is 0 Å². The van der Waals surface area contributed by atoms with E-state index in [0.29, 0.717) is 11.4 Å². The minimum Gasteiger partial charge on any atom is -0.474 e. The number of rotatable bonds is 3. The Balaban J connectivity index is 2.85. The molecule has 5 heteroatoms. The average molecular weight is 180 g/mol. The molecule has 1 aromatic heterocycles. The maximum absolute atomic E-state index is 7.17. The van der Waals surface area contributed by atoms with Gasteiger partial charge in [0.2, 0.25) is 5.88 Å². The second kappa shape index (κ2) is 3.84. The lowest BCUT2D eigenvalue weighted by Crippen LogP contribution is -2.13. The van der Waals surface area contributed by atoms with E-state index in [2.05, 4.69) is 10.2 Å². The summed E-state index contributed by atoms with van der Waals surface area (Å²) in [5.74, 6) is 0.353. The van der Waals surface area contributed by atoms with Gasteiger partial charge in [-0.25, -0.2) is 0 Å². The van der Waals surface area contributed by atoms with Crippen molar-refractivity contribution in [3.63, 3.8) is 0 Å². The van der Waals surface area contributed by atoms with Crippen molar-refractivity contribution in [3.05, 3.63) is 17.8 Å². The molecule has 0 unspecified atom stereocenters. The maximum Gasteiger partial charge on any atom is 0.234 e. The molecule has 13 heavy (non-hydrogen) atoms. The number of aromatic nitrogens is 2. The molecule has 0 aliphatic heterocycles. The van der Waals surface area contributed by atoms with Gasteiger partial charge in [0.15, 0.2) is 0 Å². The summed E-state index contributed by atoms with van der Waals surface area (Å²) in [4.78, 5) is 0. The highest BCUT2D eigenvalue weighted by Crippen LogP contribution is 2.08. The molecule has 0 saturated heterocycles. The Bertz CT molecular complexity index is 311. The van der Waals surface area contributed by atoms with Gasteiger partial charge < -0.3 is 10.5 Å². The summed E-state index contributed by atoms with van der Waals surface area (Å²) in [6.45, 7) is 3.78.